The largest absolute Gasteiger partial charge is 0.358 e. The summed E-state index contributed by atoms with van der Waals surface area (Å²) in [5.74, 6) is 0.893. The topological polar surface area (TPSA) is 55.1 Å². The molecule has 3 N–H and O–H groups in total. The number of amides is 1. The van der Waals surface area contributed by atoms with E-state index < -0.39 is 0 Å². The zero-order chi connectivity index (χ0) is 8.85. The molecule has 0 aromatic carbocycles. The maximum Gasteiger partial charge on any atom is 0.232 e. The first-order chi connectivity index (χ1) is 5.07. The van der Waals surface area contributed by atoms with Gasteiger partial charge in [-0.2, -0.15) is 0 Å². The third-order valence-electron chi connectivity index (χ3n) is 1.22. The minimum atomic E-state index is 0.00556. The molecule has 0 spiro atoms. The van der Waals surface area contributed by atoms with Crippen molar-refractivity contribution in [1.29, 1.82) is 0 Å². The fourth-order valence-electron chi connectivity index (χ4n) is 0.575. The van der Waals surface area contributed by atoms with Crippen LogP contribution in [0.3, 0.4) is 0 Å². The Bertz CT molecular complexity index is 128. The summed E-state index contributed by atoms with van der Waals surface area (Å²) in [7, 11) is 1.64. The van der Waals surface area contributed by atoms with Gasteiger partial charge >= 0.3 is 0 Å². The Morgan fingerprint density at radius 1 is 1.64 bits per heavy atom. The smallest absolute Gasteiger partial charge is 0.232 e. The molecule has 0 aromatic heterocycles. The number of carbonyl (C=O) groups is 1. The van der Waals surface area contributed by atoms with E-state index in [4.69, 9.17) is 5.73 Å². The highest BCUT2D eigenvalue weighted by molar-refractivity contribution is 8.00. The van der Waals surface area contributed by atoms with Crippen LogP contribution < -0.4 is 11.1 Å². The van der Waals surface area contributed by atoms with E-state index in [1.54, 1.807) is 18.8 Å². The fourth-order valence-corrected chi connectivity index (χ4v) is 1.44. The van der Waals surface area contributed by atoms with Crippen LogP contribution >= 0.6 is 11.8 Å². The third kappa shape index (κ3) is 5.09. The molecule has 0 saturated heterocycles. The number of rotatable bonds is 4. The first-order valence-electron chi connectivity index (χ1n) is 3.66. The Hall–Kier alpha value is -0.220. The van der Waals surface area contributed by atoms with Crippen LogP contribution in [0.5, 0.6) is 0 Å². The Morgan fingerprint density at radius 2 is 2.18 bits per heavy atom. The summed E-state index contributed by atoms with van der Waals surface area (Å²) in [5, 5.41) is 2.59. The number of thioether (sulfide) groups is 1. The van der Waals surface area contributed by atoms with E-state index in [1.165, 1.54) is 0 Å². The average Bonchev–Trinajstić information content (AvgIpc) is 1.98. The lowest BCUT2D eigenvalue weighted by molar-refractivity contribution is -0.119. The third-order valence-corrected chi connectivity index (χ3v) is 2.66. The van der Waals surface area contributed by atoms with Crippen LogP contribution in [0.1, 0.15) is 13.8 Å². The van der Waals surface area contributed by atoms with E-state index in [-0.39, 0.29) is 17.2 Å². The number of carbonyl (C=O) groups excluding carboxylic acids is 1. The fraction of sp³-hybridized carbons (Fsp3) is 0.857. The summed E-state index contributed by atoms with van der Waals surface area (Å²) in [6, 6.07) is 0.159. The van der Waals surface area contributed by atoms with Crippen molar-refractivity contribution in [2.24, 2.45) is 5.73 Å². The Labute approximate surface area is 72.1 Å². The second-order valence-electron chi connectivity index (χ2n) is 2.57. The molecule has 0 rings (SSSR count). The molecule has 0 aliphatic heterocycles. The van der Waals surface area contributed by atoms with Crippen molar-refractivity contribution in [2.45, 2.75) is 25.1 Å². The van der Waals surface area contributed by atoms with Gasteiger partial charge in [0.15, 0.2) is 0 Å². The van der Waals surface area contributed by atoms with Crippen LogP contribution in [-0.4, -0.2) is 30.0 Å². The molecule has 0 fully saturated rings. The first-order valence-corrected chi connectivity index (χ1v) is 4.71. The molecule has 2 unspecified atom stereocenters. The van der Waals surface area contributed by atoms with E-state index in [0.717, 1.165) is 5.75 Å². The monoisotopic (exact) mass is 176 g/mol. The van der Waals surface area contributed by atoms with Crippen molar-refractivity contribution in [1.82, 2.24) is 5.32 Å². The van der Waals surface area contributed by atoms with Crippen molar-refractivity contribution in [2.75, 3.05) is 12.8 Å². The van der Waals surface area contributed by atoms with Crippen LogP contribution in [0.15, 0.2) is 0 Å². The van der Waals surface area contributed by atoms with E-state index >= 15 is 0 Å². The van der Waals surface area contributed by atoms with E-state index in [1.807, 2.05) is 13.8 Å². The molecule has 0 saturated carbocycles. The number of hydrogen-bond acceptors (Lipinski definition) is 3. The minimum absolute atomic E-state index is 0.00556. The summed E-state index contributed by atoms with van der Waals surface area (Å²) < 4.78 is 0. The van der Waals surface area contributed by atoms with E-state index in [2.05, 4.69) is 5.32 Å². The van der Waals surface area contributed by atoms with Crippen LogP contribution in [0.4, 0.5) is 0 Å². The summed E-state index contributed by atoms with van der Waals surface area (Å²) in [4.78, 5) is 11.0. The van der Waals surface area contributed by atoms with Crippen molar-refractivity contribution < 1.29 is 4.79 Å². The lowest BCUT2D eigenvalue weighted by Gasteiger charge is -2.10. The maximum atomic E-state index is 11.0. The number of hydrogen-bond donors (Lipinski definition) is 2. The summed E-state index contributed by atoms with van der Waals surface area (Å²) >= 11 is 1.58. The van der Waals surface area contributed by atoms with Crippen molar-refractivity contribution in [3.05, 3.63) is 0 Å². The van der Waals surface area contributed by atoms with Gasteiger partial charge in [0.05, 0.1) is 5.25 Å². The molecule has 0 aromatic rings. The zero-order valence-electron chi connectivity index (χ0n) is 7.26. The highest BCUT2D eigenvalue weighted by Crippen LogP contribution is 2.10. The molecule has 0 radical (unpaired) electrons. The van der Waals surface area contributed by atoms with Crippen molar-refractivity contribution in [3.63, 3.8) is 0 Å². The highest BCUT2D eigenvalue weighted by Gasteiger charge is 2.11. The lowest BCUT2D eigenvalue weighted by atomic mass is 10.4. The maximum absolute atomic E-state index is 11.0. The molecule has 2 atom stereocenters. The van der Waals surface area contributed by atoms with Gasteiger partial charge in [-0.1, -0.05) is 0 Å². The molecule has 0 heterocycles. The second kappa shape index (κ2) is 5.43. The quantitative estimate of drug-likeness (QED) is 0.643. The first kappa shape index (κ1) is 10.8. The normalized spacial score (nSPS) is 15.6. The minimum Gasteiger partial charge on any atom is -0.358 e. The van der Waals surface area contributed by atoms with Crippen LogP contribution in [0.2, 0.25) is 0 Å². The lowest BCUT2D eigenvalue weighted by Crippen LogP contribution is -2.29. The van der Waals surface area contributed by atoms with Crippen LogP contribution in [0.25, 0.3) is 0 Å². The standard InChI is InChI=1S/C7H16N2OS/c1-5(8)4-11-6(2)7(10)9-3/h5-6H,4,8H2,1-3H3,(H,9,10). The molecule has 4 heteroatoms. The highest BCUT2D eigenvalue weighted by atomic mass is 32.2. The average molecular weight is 176 g/mol. The molecule has 66 valence electrons. The van der Waals surface area contributed by atoms with Crippen molar-refractivity contribution in [3.8, 4) is 0 Å². The predicted octanol–water partition coefficient (Wildman–Crippen LogP) is 0.201. The van der Waals surface area contributed by atoms with Gasteiger partial charge < -0.3 is 11.1 Å². The molecule has 0 aliphatic carbocycles. The van der Waals surface area contributed by atoms with Crippen LogP contribution in [0, 0.1) is 0 Å². The Balaban J connectivity index is 3.52. The van der Waals surface area contributed by atoms with Gasteiger partial charge in [0.2, 0.25) is 5.91 Å². The molecule has 0 bridgehead atoms. The van der Waals surface area contributed by atoms with Crippen molar-refractivity contribution >= 4 is 17.7 Å². The van der Waals surface area contributed by atoms with Gasteiger partial charge in [0, 0.05) is 18.8 Å². The van der Waals surface area contributed by atoms with Gasteiger partial charge in [-0.15, -0.1) is 11.8 Å². The van der Waals surface area contributed by atoms with E-state index in [0.29, 0.717) is 0 Å². The van der Waals surface area contributed by atoms with E-state index in [9.17, 15) is 4.79 Å². The molecular weight excluding hydrogens is 160 g/mol. The predicted molar refractivity (Wildman–Crippen MR) is 49.6 cm³/mol. The molecule has 3 nitrogen and oxygen atoms in total. The van der Waals surface area contributed by atoms with Gasteiger partial charge in [0.1, 0.15) is 0 Å². The SMILES string of the molecule is CNC(=O)C(C)SCC(C)N. The van der Waals surface area contributed by atoms with Gasteiger partial charge in [-0.3, -0.25) is 4.79 Å². The Kier molecular flexibility index (Phi) is 5.32. The summed E-state index contributed by atoms with van der Waals surface area (Å²) in [6.07, 6.45) is 0. The number of nitrogens with one attached hydrogen (secondary N) is 1. The Morgan fingerprint density at radius 3 is 2.55 bits per heavy atom. The van der Waals surface area contributed by atoms with Gasteiger partial charge in [-0.25, -0.2) is 0 Å². The number of nitrogens with two attached hydrogens (primary N) is 1. The molecule has 1 amide bonds. The molecule has 11 heavy (non-hydrogen) atoms. The second-order valence-corrected chi connectivity index (χ2v) is 3.94. The molecular formula is C7H16N2OS. The summed E-state index contributed by atoms with van der Waals surface area (Å²) in [5.41, 5.74) is 5.53. The summed E-state index contributed by atoms with van der Waals surface area (Å²) in [6.45, 7) is 3.81. The van der Waals surface area contributed by atoms with Crippen LogP contribution in [-0.2, 0) is 4.79 Å². The van der Waals surface area contributed by atoms with Gasteiger partial charge in [0.25, 0.3) is 0 Å². The van der Waals surface area contributed by atoms with Gasteiger partial charge in [-0.05, 0) is 13.8 Å². The zero-order valence-corrected chi connectivity index (χ0v) is 8.07. The molecule has 0 aliphatic rings.